The van der Waals surface area contributed by atoms with Crippen LogP contribution in [0.1, 0.15) is 5.48 Å². The van der Waals surface area contributed by atoms with Crippen LogP contribution in [0.2, 0.25) is 0 Å². The Morgan fingerprint density at radius 2 is 0.948 bits per heavy atom. The summed E-state index contributed by atoms with van der Waals surface area (Å²) in [6.45, 7) is 0. The predicted molar refractivity (Wildman–Crippen MR) is 245 cm³/mol. The molecule has 0 spiro atoms. The molecular formula is C56H37NO. The summed E-state index contributed by atoms with van der Waals surface area (Å²) < 4.78 is 45.0. The lowest BCUT2D eigenvalue weighted by atomic mass is 9.95. The Kier molecular flexibility index (Phi) is 7.20. The zero-order valence-corrected chi connectivity index (χ0v) is 31.4. The summed E-state index contributed by atoms with van der Waals surface area (Å²) in [5.41, 5.74) is 9.92. The summed E-state index contributed by atoms with van der Waals surface area (Å²) in [6, 6.07) is 66.6. The van der Waals surface area contributed by atoms with Gasteiger partial charge in [0.25, 0.3) is 0 Å². The molecule has 2 nitrogen and oxygen atoms in total. The number of anilines is 3. The molecule has 58 heavy (non-hydrogen) atoms. The SMILES string of the molecule is [2H]c1c([2H])c(N(c2ccc(-c3ccc4ccccc4c3)cc2)c2ccccc2-c2cccc3oc4c5ccccc5ccc4c23)c([2H])c([2H])c1-c1ccc(-c2ccccc2)cc1. The molecule has 0 saturated heterocycles. The van der Waals surface area contributed by atoms with Gasteiger partial charge in [0.1, 0.15) is 11.2 Å². The largest absolute Gasteiger partial charge is 0.455 e. The lowest BCUT2D eigenvalue weighted by Crippen LogP contribution is -2.11. The van der Waals surface area contributed by atoms with Gasteiger partial charge in [-0.15, -0.1) is 0 Å². The van der Waals surface area contributed by atoms with E-state index in [9.17, 15) is 5.48 Å². The maximum Gasteiger partial charge on any atom is 0.143 e. The molecule has 0 N–H and O–H groups in total. The molecular weight excluding hydrogens is 703 g/mol. The van der Waals surface area contributed by atoms with Crippen LogP contribution in [0.15, 0.2) is 229 Å². The van der Waals surface area contributed by atoms with Crippen molar-refractivity contribution in [2.75, 3.05) is 4.90 Å². The molecule has 1 heterocycles. The zero-order chi connectivity index (χ0) is 41.9. The first kappa shape index (κ1) is 29.6. The van der Waals surface area contributed by atoms with Crippen molar-refractivity contribution in [1.82, 2.24) is 0 Å². The first-order valence-corrected chi connectivity index (χ1v) is 19.5. The van der Waals surface area contributed by atoms with Gasteiger partial charge in [0, 0.05) is 33.1 Å². The van der Waals surface area contributed by atoms with Crippen molar-refractivity contribution >= 4 is 60.5 Å². The predicted octanol–water partition coefficient (Wildman–Crippen LogP) is 16.0. The zero-order valence-electron chi connectivity index (χ0n) is 35.4. The van der Waals surface area contributed by atoms with E-state index in [-0.39, 0.29) is 35.4 Å². The van der Waals surface area contributed by atoms with Crippen LogP contribution < -0.4 is 4.90 Å². The van der Waals surface area contributed by atoms with E-state index in [1.165, 1.54) is 5.39 Å². The topological polar surface area (TPSA) is 16.4 Å². The summed E-state index contributed by atoms with van der Waals surface area (Å²) in [5, 5.41) is 6.40. The second-order valence-electron chi connectivity index (χ2n) is 14.6. The van der Waals surface area contributed by atoms with Gasteiger partial charge < -0.3 is 9.32 Å². The third-order valence-corrected chi connectivity index (χ3v) is 11.1. The van der Waals surface area contributed by atoms with E-state index in [0.717, 1.165) is 71.5 Å². The number of hydrogen-bond acceptors (Lipinski definition) is 2. The molecule has 0 bridgehead atoms. The van der Waals surface area contributed by atoms with Crippen LogP contribution in [-0.2, 0) is 0 Å². The maximum atomic E-state index is 9.70. The lowest BCUT2D eigenvalue weighted by Gasteiger charge is -2.28. The lowest BCUT2D eigenvalue weighted by molar-refractivity contribution is 0.673. The van der Waals surface area contributed by atoms with E-state index in [4.69, 9.17) is 4.42 Å². The highest BCUT2D eigenvalue weighted by Crippen LogP contribution is 2.46. The molecule has 0 saturated carbocycles. The monoisotopic (exact) mass is 743 g/mol. The van der Waals surface area contributed by atoms with Gasteiger partial charge >= 0.3 is 0 Å². The highest BCUT2D eigenvalue weighted by Gasteiger charge is 2.21. The number of benzene rings is 10. The molecule has 1 aromatic heterocycles. The molecule has 0 radical (unpaired) electrons. The molecule has 272 valence electrons. The number of hydrogen-bond donors (Lipinski definition) is 0. The van der Waals surface area contributed by atoms with Crippen LogP contribution in [-0.4, -0.2) is 0 Å². The molecule has 0 atom stereocenters. The second kappa shape index (κ2) is 14.1. The van der Waals surface area contributed by atoms with Gasteiger partial charge in [-0.1, -0.05) is 176 Å². The van der Waals surface area contributed by atoms with Crippen molar-refractivity contribution in [3.63, 3.8) is 0 Å². The number of para-hydroxylation sites is 1. The molecule has 0 unspecified atom stereocenters. The quantitative estimate of drug-likeness (QED) is 0.162. The molecule has 0 aliphatic heterocycles. The van der Waals surface area contributed by atoms with Crippen molar-refractivity contribution in [3.8, 4) is 44.5 Å². The van der Waals surface area contributed by atoms with Crippen LogP contribution in [0, 0.1) is 0 Å². The third-order valence-electron chi connectivity index (χ3n) is 11.1. The van der Waals surface area contributed by atoms with Gasteiger partial charge in [-0.2, -0.15) is 0 Å². The molecule has 0 fully saturated rings. The van der Waals surface area contributed by atoms with E-state index < -0.39 is 0 Å². The normalized spacial score (nSPS) is 12.4. The van der Waals surface area contributed by atoms with Crippen molar-refractivity contribution < 1.29 is 9.90 Å². The van der Waals surface area contributed by atoms with E-state index in [1.807, 2.05) is 126 Å². The molecule has 0 aliphatic carbocycles. The van der Waals surface area contributed by atoms with E-state index in [2.05, 4.69) is 78.9 Å². The van der Waals surface area contributed by atoms with Gasteiger partial charge in [0.05, 0.1) is 11.2 Å². The van der Waals surface area contributed by atoms with Gasteiger partial charge in [-0.25, -0.2) is 0 Å². The third kappa shape index (κ3) is 5.91. The highest BCUT2D eigenvalue weighted by molar-refractivity contribution is 6.19. The Hall–Kier alpha value is -7.68. The standard InChI is InChI=1S/C56H37NO/c1-2-11-38(12-3-1)40-21-23-41(24-22-40)42-27-32-47(33-28-42)57(48-34-29-43(30-35-48)46-26-25-39-13-4-5-15-45(39)37-46)53-19-9-8-17-50(53)51-18-10-20-54-55(51)52-36-31-44-14-6-7-16-49(44)56(52)58-54/h1-37H/i27D,28D,32D,33D. The number of fused-ring (bicyclic) bond motifs is 6. The molecule has 0 aliphatic rings. The summed E-state index contributed by atoms with van der Waals surface area (Å²) in [4.78, 5) is 1.89. The van der Waals surface area contributed by atoms with Gasteiger partial charge in [-0.3, -0.25) is 0 Å². The Morgan fingerprint density at radius 1 is 0.362 bits per heavy atom. The molecule has 11 rings (SSSR count). The Balaban J connectivity index is 1.11. The maximum absolute atomic E-state index is 9.70. The van der Waals surface area contributed by atoms with Gasteiger partial charge in [0.15, 0.2) is 0 Å². The smallest absolute Gasteiger partial charge is 0.143 e. The summed E-state index contributed by atoms with van der Waals surface area (Å²) in [6.07, 6.45) is 0. The highest BCUT2D eigenvalue weighted by atomic mass is 16.3. The summed E-state index contributed by atoms with van der Waals surface area (Å²) in [5.74, 6) is 0. The minimum Gasteiger partial charge on any atom is -0.455 e. The van der Waals surface area contributed by atoms with Crippen molar-refractivity contribution in [3.05, 3.63) is 224 Å². The van der Waals surface area contributed by atoms with E-state index in [0.29, 0.717) is 16.9 Å². The van der Waals surface area contributed by atoms with Gasteiger partial charge in [0.2, 0.25) is 0 Å². The average molecular weight is 744 g/mol. The first-order chi connectivity index (χ1) is 30.4. The Morgan fingerprint density at radius 3 is 1.76 bits per heavy atom. The Bertz CT molecular complexity index is 3480. The summed E-state index contributed by atoms with van der Waals surface area (Å²) >= 11 is 0. The van der Waals surface area contributed by atoms with Crippen LogP contribution in [0.3, 0.4) is 0 Å². The first-order valence-electron chi connectivity index (χ1n) is 21.5. The van der Waals surface area contributed by atoms with Crippen LogP contribution in [0.25, 0.3) is 88.0 Å². The Labute approximate surface area is 343 Å². The van der Waals surface area contributed by atoms with Crippen LogP contribution >= 0.6 is 0 Å². The second-order valence-corrected chi connectivity index (χ2v) is 14.6. The van der Waals surface area contributed by atoms with Crippen LogP contribution in [0.4, 0.5) is 17.1 Å². The molecule has 0 amide bonds. The number of rotatable bonds is 7. The molecule has 10 aromatic carbocycles. The van der Waals surface area contributed by atoms with Gasteiger partial charge in [-0.05, 0) is 104 Å². The minimum absolute atomic E-state index is 0.112. The molecule has 11 aromatic rings. The van der Waals surface area contributed by atoms with Crippen molar-refractivity contribution in [1.29, 1.82) is 0 Å². The molecule has 2 heteroatoms. The average Bonchev–Trinajstić information content (AvgIpc) is 3.73. The van der Waals surface area contributed by atoms with Crippen LogP contribution in [0.5, 0.6) is 0 Å². The fourth-order valence-corrected chi connectivity index (χ4v) is 8.26. The summed E-state index contributed by atoms with van der Waals surface area (Å²) in [7, 11) is 0. The number of nitrogens with zero attached hydrogens (tertiary/aromatic N) is 1. The van der Waals surface area contributed by atoms with Crippen molar-refractivity contribution in [2.24, 2.45) is 0 Å². The number of furan rings is 1. The fraction of sp³-hybridized carbons (Fsp3) is 0. The van der Waals surface area contributed by atoms with Crippen molar-refractivity contribution in [2.45, 2.75) is 0 Å². The van der Waals surface area contributed by atoms with E-state index >= 15 is 0 Å². The minimum atomic E-state index is -0.139. The van der Waals surface area contributed by atoms with E-state index in [1.54, 1.807) is 0 Å². The fourth-order valence-electron chi connectivity index (χ4n) is 8.26.